The number of benzene rings is 1. The molecule has 0 saturated heterocycles. The van der Waals surface area contributed by atoms with Gasteiger partial charge in [-0.2, -0.15) is 0 Å². The third-order valence-corrected chi connectivity index (χ3v) is 7.02. The fourth-order valence-corrected chi connectivity index (χ4v) is 4.65. The van der Waals surface area contributed by atoms with Crippen molar-refractivity contribution in [1.82, 2.24) is 24.7 Å². The molecule has 42 heavy (non-hydrogen) atoms. The van der Waals surface area contributed by atoms with Crippen molar-refractivity contribution < 1.29 is 4.79 Å². The van der Waals surface area contributed by atoms with Crippen LogP contribution in [0.2, 0.25) is 0 Å². The Morgan fingerprint density at radius 3 is 2.69 bits per heavy atom. The van der Waals surface area contributed by atoms with Gasteiger partial charge in [0.25, 0.3) is 0 Å². The zero-order valence-corrected chi connectivity index (χ0v) is 24.2. The fourth-order valence-electron chi connectivity index (χ4n) is 4.65. The molecule has 4 aromatic heterocycles. The molecule has 5 aromatic rings. The number of nitrogens with two attached hydrogens (primary N) is 1. The Morgan fingerprint density at radius 2 is 1.93 bits per heavy atom. The number of aryl methyl sites for hydroxylation is 2. The summed E-state index contributed by atoms with van der Waals surface area (Å²) in [5.74, 6) is 6.75. The van der Waals surface area contributed by atoms with E-state index in [9.17, 15) is 4.79 Å². The Bertz CT molecular complexity index is 1940. The van der Waals surface area contributed by atoms with Crippen LogP contribution in [-0.2, 0) is 4.79 Å². The Labute approximate surface area is 244 Å². The summed E-state index contributed by atoms with van der Waals surface area (Å²) in [6.07, 6.45) is 6.93. The molecule has 210 valence electrons. The number of anilines is 1. The number of hydrogen-bond donors (Lipinski definition) is 3. The van der Waals surface area contributed by atoms with Crippen LogP contribution in [0, 0.1) is 25.7 Å². The second-order valence-electron chi connectivity index (χ2n) is 9.93. The van der Waals surface area contributed by atoms with Crippen molar-refractivity contribution in [2.45, 2.75) is 26.8 Å². The lowest BCUT2D eigenvalue weighted by atomic mass is 10.0. The number of allylic oxidation sites excluding steroid dienone is 1. The minimum atomic E-state index is -0.393. The lowest BCUT2D eigenvalue weighted by Crippen LogP contribution is -2.35. The van der Waals surface area contributed by atoms with E-state index in [2.05, 4.69) is 32.5 Å². The van der Waals surface area contributed by atoms with E-state index in [1.54, 1.807) is 39.5 Å². The first-order valence-corrected chi connectivity index (χ1v) is 13.5. The van der Waals surface area contributed by atoms with Gasteiger partial charge in [-0.3, -0.25) is 19.2 Å². The quantitative estimate of drug-likeness (QED) is 0.209. The molecule has 5 rings (SSSR count). The zero-order chi connectivity index (χ0) is 29.8. The average molecular weight is 557 g/mol. The van der Waals surface area contributed by atoms with Crippen molar-refractivity contribution in [3.05, 3.63) is 95.3 Å². The smallest absolute Gasteiger partial charge is 0.242 e. The molecular weight excluding hydrogens is 524 g/mol. The maximum Gasteiger partial charge on any atom is 0.242 e. The minimum Gasteiger partial charge on any atom is -0.404 e. The largest absolute Gasteiger partial charge is 0.404 e. The average Bonchev–Trinajstić information content (AvgIpc) is 3.36. The van der Waals surface area contributed by atoms with E-state index in [0.29, 0.717) is 22.8 Å². The molecule has 9 heteroatoms. The molecule has 0 aliphatic rings. The highest BCUT2D eigenvalue weighted by Crippen LogP contribution is 2.32. The van der Waals surface area contributed by atoms with Crippen molar-refractivity contribution in [1.29, 1.82) is 0 Å². The maximum atomic E-state index is 12.7. The number of carbonyl (C=O) groups excluding carboxylic acids is 1. The van der Waals surface area contributed by atoms with Gasteiger partial charge in [0.05, 0.1) is 11.7 Å². The predicted molar refractivity (Wildman–Crippen MR) is 169 cm³/mol. The van der Waals surface area contributed by atoms with Gasteiger partial charge in [0, 0.05) is 59.6 Å². The molecular formula is C33H32N8O. The van der Waals surface area contributed by atoms with Crippen LogP contribution in [0.5, 0.6) is 0 Å². The first kappa shape index (κ1) is 28.2. The van der Waals surface area contributed by atoms with E-state index in [1.165, 1.54) is 6.20 Å². The second kappa shape index (κ2) is 12.0. The van der Waals surface area contributed by atoms with Gasteiger partial charge in [-0.1, -0.05) is 12.0 Å². The monoisotopic (exact) mass is 556 g/mol. The van der Waals surface area contributed by atoms with Crippen LogP contribution >= 0.6 is 0 Å². The Balaban J connectivity index is 1.72. The highest BCUT2D eigenvalue weighted by atomic mass is 16.2. The molecule has 4 N–H and O–H groups in total. The number of nitrogens with zero attached hydrogens (tertiary/aromatic N) is 5. The molecule has 0 saturated carbocycles. The molecule has 1 unspecified atom stereocenters. The fraction of sp³-hybridized carbons (Fsp3) is 0.182. The van der Waals surface area contributed by atoms with Gasteiger partial charge in [-0.25, -0.2) is 9.97 Å². The molecule has 4 heterocycles. The number of aliphatic imine (C=N–C) groups is 1. The summed E-state index contributed by atoms with van der Waals surface area (Å²) < 4.78 is 1.99. The van der Waals surface area contributed by atoms with Crippen molar-refractivity contribution in [3.8, 4) is 23.1 Å². The summed E-state index contributed by atoms with van der Waals surface area (Å²) in [6, 6.07) is 15.3. The summed E-state index contributed by atoms with van der Waals surface area (Å²) in [5.41, 5.74) is 12.9. The molecule has 1 amide bonds. The first-order chi connectivity index (χ1) is 20.3. The van der Waals surface area contributed by atoms with E-state index in [0.717, 1.165) is 44.5 Å². The third-order valence-electron chi connectivity index (χ3n) is 7.02. The maximum absolute atomic E-state index is 12.7. The molecule has 0 fully saturated rings. The van der Waals surface area contributed by atoms with E-state index >= 15 is 0 Å². The normalized spacial score (nSPS) is 12.5. The van der Waals surface area contributed by atoms with Crippen LogP contribution in [0.4, 0.5) is 5.82 Å². The van der Waals surface area contributed by atoms with Crippen molar-refractivity contribution >= 4 is 39.9 Å². The number of pyridine rings is 3. The topological polar surface area (TPSA) is 123 Å². The van der Waals surface area contributed by atoms with E-state index in [-0.39, 0.29) is 5.91 Å². The van der Waals surface area contributed by atoms with Crippen molar-refractivity contribution in [3.63, 3.8) is 0 Å². The van der Waals surface area contributed by atoms with Crippen LogP contribution in [-0.4, -0.2) is 51.6 Å². The summed E-state index contributed by atoms with van der Waals surface area (Å²) in [6.45, 7) is 5.79. The molecule has 0 spiro atoms. The number of fused-ring (bicyclic) bond motifs is 2. The number of imidazole rings is 1. The minimum absolute atomic E-state index is 0.200. The van der Waals surface area contributed by atoms with Crippen LogP contribution in [0.1, 0.15) is 35.1 Å². The summed E-state index contributed by atoms with van der Waals surface area (Å²) in [7, 11) is 3.42. The van der Waals surface area contributed by atoms with E-state index in [4.69, 9.17) is 15.7 Å². The molecule has 0 aliphatic carbocycles. The lowest BCUT2D eigenvalue weighted by Gasteiger charge is -2.13. The molecule has 0 bridgehead atoms. The van der Waals surface area contributed by atoms with E-state index < -0.39 is 6.04 Å². The number of carbonyl (C=O) groups is 1. The predicted octanol–water partition coefficient (Wildman–Crippen LogP) is 4.51. The second-order valence-corrected chi connectivity index (χ2v) is 9.93. The van der Waals surface area contributed by atoms with Crippen LogP contribution < -0.4 is 16.4 Å². The van der Waals surface area contributed by atoms with Gasteiger partial charge >= 0.3 is 0 Å². The van der Waals surface area contributed by atoms with Gasteiger partial charge in [0.15, 0.2) is 0 Å². The van der Waals surface area contributed by atoms with Gasteiger partial charge in [-0.05, 0) is 87.2 Å². The number of rotatable bonds is 6. The highest BCUT2D eigenvalue weighted by molar-refractivity contribution is 6.11. The lowest BCUT2D eigenvalue weighted by molar-refractivity contribution is -0.117. The van der Waals surface area contributed by atoms with Crippen molar-refractivity contribution in [2.75, 3.05) is 19.4 Å². The Hall–Kier alpha value is -5.33. The molecule has 1 aromatic carbocycles. The van der Waals surface area contributed by atoms with Gasteiger partial charge in [0.1, 0.15) is 22.9 Å². The summed E-state index contributed by atoms with van der Waals surface area (Å²) in [5, 5.41) is 7.97. The zero-order valence-electron chi connectivity index (χ0n) is 24.2. The SMILES string of the molecule is CN=CC(=CN)c1nc2cc(C)ccn2c1-c1ccc(NC(=O)C(C)NC)nc1C#Cc1ccc2c(C)nccc2c1. The number of likely N-dealkylation sites (N-methyl/N-ethyl adjacent to an activating group) is 1. The number of aromatic nitrogens is 4. The number of amides is 1. The summed E-state index contributed by atoms with van der Waals surface area (Å²) in [4.78, 5) is 30.9. The van der Waals surface area contributed by atoms with Gasteiger partial charge in [-0.15, -0.1) is 0 Å². The Kier molecular flexibility index (Phi) is 8.09. The van der Waals surface area contributed by atoms with Crippen molar-refractivity contribution in [2.24, 2.45) is 10.7 Å². The summed E-state index contributed by atoms with van der Waals surface area (Å²) >= 11 is 0. The van der Waals surface area contributed by atoms with E-state index in [1.807, 2.05) is 66.9 Å². The standard InChI is InChI=1S/C33H32N8O/c1-20-13-15-41-30(16-20)40-31(25(18-34)19-35-4)32(41)27-9-11-29(39-33(42)22(3)36-5)38-28(27)10-7-23-6-8-26-21(2)37-14-12-24(26)17-23/h6,8-9,11-19,22,36H,34H2,1-5H3,(H,38,39,42). The molecule has 0 aliphatic heterocycles. The number of hydrogen-bond acceptors (Lipinski definition) is 7. The first-order valence-electron chi connectivity index (χ1n) is 13.5. The molecule has 9 nitrogen and oxygen atoms in total. The van der Waals surface area contributed by atoms with Crippen LogP contribution in [0.3, 0.4) is 0 Å². The molecule has 1 atom stereocenters. The van der Waals surface area contributed by atoms with Gasteiger partial charge in [0.2, 0.25) is 5.91 Å². The third kappa shape index (κ3) is 5.61. The number of nitrogens with one attached hydrogen (secondary N) is 2. The highest BCUT2D eigenvalue weighted by Gasteiger charge is 2.21. The van der Waals surface area contributed by atoms with Crippen LogP contribution in [0.15, 0.2) is 72.1 Å². The van der Waals surface area contributed by atoms with Crippen LogP contribution in [0.25, 0.3) is 33.3 Å². The van der Waals surface area contributed by atoms with Gasteiger partial charge < -0.3 is 16.4 Å². The molecule has 0 radical (unpaired) electrons. The Morgan fingerprint density at radius 1 is 1.10 bits per heavy atom.